The predicted molar refractivity (Wildman–Crippen MR) is 93.9 cm³/mol. The average molecular weight is 364 g/mol. The second-order valence-corrected chi connectivity index (χ2v) is 7.94. The van der Waals surface area contributed by atoms with Crippen LogP contribution in [0.15, 0.2) is 23.1 Å². The molecule has 25 heavy (non-hydrogen) atoms. The first-order valence-corrected chi connectivity index (χ1v) is 8.96. The molecule has 1 fully saturated rings. The molecule has 0 saturated carbocycles. The molecule has 2 aliphatic heterocycles. The summed E-state index contributed by atoms with van der Waals surface area (Å²) in [5.74, 6) is -0.0847. The van der Waals surface area contributed by atoms with Crippen LogP contribution in [0.3, 0.4) is 0 Å². The summed E-state index contributed by atoms with van der Waals surface area (Å²) in [6, 6.07) is 5.42. The first kappa shape index (κ1) is 17.6. The summed E-state index contributed by atoms with van der Waals surface area (Å²) in [6.45, 7) is 5.63. The topological polar surface area (TPSA) is 84.9 Å². The molecule has 2 heterocycles. The van der Waals surface area contributed by atoms with Crippen LogP contribution in [0, 0.1) is 0 Å². The Morgan fingerprint density at radius 1 is 1.40 bits per heavy atom. The van der Waals surface area contributed by atoms with E-state index in [4.69, 9.17) is 9.47 Å². The van der Waals surface area contributed by atoms with E-state index in [-0.39, 0.29) is 18.9 Å². The number of rotatable bonds is 3. The van der Waals surface area contributed by atoms with E-state index >= 15 is 0 Å². The first-order valence-electron chi connectivity index (χ1n) is 7.98. The van der Waals surface area contributed by atoms with Crippen LogP contribution < -0.4 is 10.2 Å². The van der Waals surface area contributed by atoms with E-state index < -0.39 is 23.8 Å². The summed E-state index contributed by atoms with van der Waals surface area (Å²) in [5.41, 5.74) is 0.730. The van der Waals surface area contributed by atoms with Gasteiger partial charge >= 0.3 is 12.1 Å². The number of esters is 1. The van der Waals surface area contributed by atoms with Crippen LogP contribution in [0.1, 0.15) is 27.2 Å². The summed E-state index contributed by atoms with van der Waals surface area (Å²) in [5, 5.41) is 2.80. The lowest BCUT2D eigenvalue weighted by atomic mass is 10.2. The number of thioether (sulfide) groups is 1. The molecule has 7 nitrogen and oxygen atoms in total. The second kappa shape index (κ2) is 6.59. The molecule has 0 aromatic heterocycles. The molecule has 1 aromatic carbocycles. The van der Waals surface area contributed by atoms with Gasteiger partial charge in [-0.3, -0.25) is 14.5 Å². The lowest BCUT2D eigenvalue weighted by molar-refractivity contribution is -0.156. The molecular weight excluding hydrogens is 344 g/mol. The zero-order valence-electron chi connectivity index (χ0n) is 14.3. The SMILES string of the molecule is CC(C)(C)OC(=O)CC1CN(c2ccc3c(c2)NC(=O)CS3)C(=O)O1. The third-order valence-corrected chi connectivity index (χ3v) is 4.67. The largest absolute Gasteiger partial charge is 0.460 e. The number of amides is 2. The molecule has 0 bridgehead atoms. The first-order chi connectivity index (χ1) is 11.7. The molecule has 0 spiro atoms. The van der Waals surface area contributed by atoms with Crippen molar-refractivity contribution in [1.29, 1.82) is 0 Å². The minimum atomic E-state index is -0.576. The molecule has 3 rings (SSSR count). The van der Waals surface area contributed by atoms with E-state index in [1.54, 1.807) is 32.9 Å². The number of anilines is 2. The highest BCUT2D eigenvalue weighted by Crippen LogP contribution is 2.35. The highest BCUT2D eigenvalue weighted by atomic mass is 32.2. The molecule has 8 heteroatoms. The normalized spacial score (nSPS) is 20.0. The Hall–Kier alpha value is -2.22. The molecule has 0 radical (unpaired) electrons. The molecule has 2 aliphatic rings. The standard InChI is InChI=1S/C17H20N2O5S/c1-17(2,3)24-15(21)7-11-8-19(16(22)23-11)10-4-5-13-12(6-10)18-14(20)9-25-13/h4-6,11H,7-9H2,1-3H3,(H,18,20). The maximum atomic E-state index is 12.1. The molecular formula is C17H20N2O5S. The summed E-state index contributed by atoms with van der Waals surface area (Å²) in [6.07, 6.45) is -1.05. The molecule has 1 atom stereocenters. The van der Waals surface area contributed by atoms with Crippen molar-refractivity contribution in [1.82, 2.24) is 0 Å². The van der Waals surface area contributed by atoms with Crippen molar-refractivity contribution in [2.45, 2.75) is 43.8 Å². The number of benzene rings is 1. The summed E-state index contributed by atoms with van der Waals surface area (Å²) in [4.78, 5) is 38.0. The maximum absolute atomic E-state index is 12.1. The molecule has 1 N–H and O–H groups in total. The predicted octanol–water partition coefficient (Wildman–Crippen LogP) is 2.79. The number of cyclic esters (lactones) is 1. The van der Waals surface area contributed by atoms with Crippen molar-refractivity contribution in [2.75, 3.05) is 22.5 Å². The number of hydrogen-bond acceptors (Lipinski definition) is 6. The van der Waals surface area contributed by atoms with Gasteiger partial charge in [0.2, 0.25) is 5.91 Å². The molecule has 1 aromatic rings. The Morgan fingerprint density at radius 3 is 2.88 bits per heavy atom. The minimum absolute atomic E-state index is 0.0110. The quantitative estimate of drug-likeness (QED) is 0.830. The molecule has 1 saturated heterocycles. The van der Waals surface area contributed by atoms with Crippen molar-refractivity contribution in [3.63, 3.8) is 0 Å². The van der Waals surface area contributed by atoms with E-state index in [1.807, 2.05) is 6.07 Å². The lowest BCUT2D eigenvalue weighted by Gasteiger charge is -2.20. The van der Waals surface area contributed by atoms with Gasteiger partial charge in [-0.15, -0.1) is 11.8 Å². The number of fused-ring (bicyclic) bond motifs is 1. The van der Waals surface area contributed by atoms with Gasteiger partial charge in [0.15, 0.2) is 0 Å². The number of carbonyl (C=O) groups excluding carboxylic acids is 3. The zero-order valence-corrected chi connectivity index (χ0v) is 15.1. The van der Waals surface area contributed by atoms with Crippen LogP contribution in [0.4, 0.5) is 16.2 Å². The highest BCUT2D eigenvalue weighted by molar-refractivity contribution is 8.00. The van der Waals surface area contributed by atoms with Crippen LogP contribution in [-0.4, -0.2) is 42.0 Å². The van der Waals surface area contributed by atoms with Gasteiger partial charge in [-0.1, -0.05) is 0 Å². The van der Waals surface area contributed by atoms with E-state index in [0.717, 1.165) is 4.90 Å². The van der Waals surface area contributed by atoms with Crippen LogP contribution in [0.25, 0.3) is 0 Å². The monoisotopic (exact) mass is 364 g/mol. The van der Waals surface area contributed by atoms with Gasteiger partial charge in [0, 0.05) is 10.6 Å². The van der Waals surface area contributed by atoms with Crippen molar-refractivity contribution in [2.24, 2.45) is 0 Å². The Bertz CT molecular complexity index is 728. The second-order valence-electron chi connectivity index (χ2n) is 6.92. The van der Waals surface area contributed by atoms with Gasteiger partial charge in [0.1, 0.15) is 11.7 Å². The average Bonchev–Trinajstić information content (AvgIpc) is 2.84. The smallest absolute Gasteiger partial charge is 0.414 e. The fourth-order valence-corrected chi connectivity index (χ4v) is 3.44. The Labute approximate surface area is 150 Å². The zero-order chi connectivity index (χ0) is 18.2. The fraction of sp³-hybridized carbons (Fsp3) is 0.471. The van der Waals surface area contributed by atoms with E-state index in [9.17, 15) is 14.4 Å². The van der Waals surface area contributed by atoms with Gasteiger partial charge in [-0.25, -0.2) is 4.79 Å². The molecule has 2 amide bonds. The van der Waals surface area contributed by atoms with Gasteiger partial charge < -0.3 is 14.8 Å². The van der Waals surface area contributed by atoms with Crippen LogP contribution in [-0.2, 0) is 19.1 Å². The Morgan fingerprint density at radius 2 is 2.16 bits per heavy atom. The Balaban J connectivity index is 1.68. The van der Waals surface area contributed by atoms with Crippen LogP contribution in [0.2, 0.25) is 0 Å². The number of carbonyl (C=O) groups is 3. The van der Waals surface area contributed by atoms with E-state index in [2.05, 4.69) is 5.32 Å². The minimum Gasteiger partial charge on any atom is -0.460 e. The van der Waals surface area contributed by atoms with E-state index in [1.165, 1.54) is 16.7 Å². The van der Waals surface area contributed by atoms with Gasteiger partial charge in [0.05, 0.1) is 24.4 Å². The molecule has 134 valence electrons. The van der Waals surface area contributed by atoms with Crippen molar-refractivity contribution < 1.29 is 23.9 Å². The highest BCUT2D eigenvalue weighted by Gasteiger charge is 2.35. The summed E-state index contributed by atoms with van der Waals surface area (Å²) >= 11 is 1.46. The van der Waals surface area contributed by atoms with Gasteiger partial charge in [-0.2, -0.15) is 0 Å². The van der Waals surface area contributed by atoms with Gasteiger partial charge in [0.25, 0.3) is 0 Å². The van der Waals surface area contributed by atoms with Crippen molar-refractivity contribution in [3.05, 3.63) is 18.2 Å². The maximum Gasteiger partial charge on any atom is 0.414 e. The van der Waals surface area contributed by atoms with Crippen molar-refractivity contribution >= 4 is 41.1 Å². The summed E-state index contributed by atoms with van der Waals surface area (Å²) in [7, 11) is 0. The Kier molecular flexibility index (Phi) is 4.64. The van der Waals surface area contributed by atoms with Crippen LogP contribution >= 0.6 is 11.8 Å². The summed E-state index contributed by atoms with van der Waals surface area (Å²) < 4.78 is 10.5. The third kappa shape index (κ3) is 4.25. The van der Waals surface area contributed by atoms with Crippen LogP contribution in [0.5, 0.6) is 0 Å². The fourth-order valence-electron chi connectivity index (χ4n) is 2.65. The molecule has 0 aliphatic carbocycles. The van der Waals surface area contributed by atoms with Crippen molar-refractivity contribution in [3.8, 4) is 0 Å². The van der Waals surface area contributed by atoms with E-state index in [0.29, 0.717) is 17.1 Å². The number of nitrogens with zero attached hydrogens (tertiary/aromatic N) is 1. The lowest BCUT2D eigenvalue weighted by Crippen LogP contribution is -2.28. The number of hydrogen-bond donors (Lipinski definition) is 1. The number of ether oxygens (including phenoxy) is 2. The molecule has 1 unspecified atom stereocenters. The number of nitrogens with one attached hydrogen (secondary N) is 1. The van der Waals surface area contributed by atoms with Gasteiger partial charge in [-0.05, 0) is 39.0 Å². The third-order valence-electron chi connectivity index (χ3n) is 3.60.